The van der Waals surface area contributed by atoms with Crippen LogP contribution in [0.5, 0.6) is 5.75 Å². The molecule has 8 heteroatoms. The molecule has 1 aromatic rings. The third kappa shape index (κ3) is 2.81. The number of para-hydroxylation sites is 2. The zero-order chi connectivity index (χ0) is 10.8. The summed E-state index contributed by atoms with van der Waals surface area (Å²) in [5, 5.41) is 10.4. The Hall–Kier alpha value is -1.43. The molecule has 0 aromatic heterocycles. The van der Waals surface area contributed by atoms with E-state index in [4.69, 9.17) is 10.4 Å². The number of hydrogen-bond acceptors (Lipinski definition) is 4. The standard InChI is InChI=1S/C6H7N2O5P/c7-14(11,12)13-6-4-2-1-3-5(6)8(9)10/h1-4H,(H3,7,11,12). The Bertz CT molecular complexity index is 401. The van der Waals surface area contributed by atoms with Gasteiger partial charge >= 0.3 is 13.4 Å². The molecular weight excluding hydrogens is 211 g/mol. The molecular formula is C6H7N2O5P. The Kier molecular flexibility index (Phi) is 2.85. The summed E-state index contributed by atoms with van der Waals surface area (Å²) in [7, 11) is -4.26. The minimum Gasteiger partial charge on any atom is -0.406 e. The molecule has 1 rings (SSSR count). The summed E-state index contributed by atoms with van der Waals surface area (Å²) in [6, 6.07) is 5.17. The van der Waals surface area contributed by atoms with Crippen LogP contribution in [0.2, 0.25) is 0 Å². The molecule has 0 spiro atoms. The SMILES string of the molecule is NP(=O)(O)Oc1ccccc1[N+](=O)[O-]. The van der Waals surface area contributed by atoms with Crippen molar-refractivity contribution in [3.05, 3.63) is 34.4 Å². The molecule has 0 heterocycles. The van der Waals surface area contributed by atoms with Crippen LogP contribution in [-0.2, 0) is 4.57 Å². The Morgan fingerprint density at radius 2 is 2.07 bits per heavy atom. The fourth-order valence-electron chi connectivity index (χ4n) is 0.826. The summed E-state index contributed by atoms with van der Waals surface area (Å²) in [6.45, 7) is 0. The average Bonchev–Trinajstić information content (AvgIpc) is 2.01. The van der Waals surface area contributed by atoms with Crippen molar-refractivity contribution in [2.45, 2.75) is 0 Å². The summed E-state index contributed by atoms with van der Waals surface area (Å²) in [6.07, 6.45) is 0. The molecule has 76 valence electrons. The van der Waals surface area contributed by atoms with Crippen LogP contribution < -0.4 is 10.0 Å². The highest BCUT2D eigenvalue weighted by Gasteiger charge is 2.21. The van der Waals surface area contributed by atoms with Crippen LogP contribution in [0.1, 0.15) is 0 Å². The van der Waals surface area contributed by atoms with Crippen molar-refractivity contribution in [1.29, 1.82) is 0 Å². The molecule has 0 saturated carbocycles. The van der Waals surface area contributed by atoms with Gasteiger partial charge in [-0.05, 0) is 6.07 Å². The van der Waals surface area contributed by atoms with E-state index in [0.29, 0.717) is 0 Å². The maximum absolute atomic E-state index is 10.6. The first kappa shape index (κ1) is 10.6. The van der Waals surface area contributed by atoms with Gasteiger partial charge in [-0.3, -0.25) is 10.1 Å². The number of rotatable bonds is 3. The lowest BCUT2D eigenvalue weighted by atomic mass is 10.3. The molecule has 1 unspecified atom stereocenters. The van der Waals surface area contributed by atoms with Gasteiger partial charge in [0.15, 0.2) is 0 Å². The van der Waals surface area contributed by atoms with E-state index in [-0.39, 0.29) is 5.75 Å². The van der Waals surface area contributed by atoms with Crippen molar-refractivity contribution < 1.29 is 18.9 Å². The van der Waals surface area contributed by atoms with Gasteiger partial charge in [-0.2, -0.15) is 0 Å². The zero-order valence-corrected chi connectivity index (χ0v) is 7.76. The number of nitrogens with zero attached hydrogens (tertiary/aromatic N) is 1. The molecule has 1 aromatic carbocycles. The Labute approximate surface area is 78.9 Å². The maximum atomic E-state index is 10.6. The van der Waals surface area contributed by atoms with Crippen LogP contribution in [0.3, 0.4) is 0 Å². The van der Waals surface area contributed by atoms with Gasteiger partial charge in [0, 0.05) is 6.07 Å². The number of nitrogens with two attached hydrogens (primary N) is 1. The second-order valence-electron chi connectivity index (χ2n) is 2.38. The zero-order valence-electron chi connectivity index (χ0n) is 6.86. The predicted octanol–water partition coefficient (Wildman–Crippen LogP) is 1.03. The molecule has 0 aliphatic rings. The minimum atomic E-state index is -4.26. The lowest BCUT2D eigenvalue weighted by Gasteiger charge is -2.07. The molecule has 1 atom stereocenters. The summed E-state index contributed by atoms with van der Waals surface area (Å²) in [4.78, 5) is 18.4. The van der Waals surface area contributed by atoms with Crippen LogP contribution in [-0.4, -0.2) is 9.82 Å². The molecule has 0 amide bonds. The second kappa shape index (κ2) is 3.75. The van der Waals surface area contributed by atoms with E-state index in [1.54, 1.807) is 0 Å². The quantitative estimate of drug-likeness (QED) is 0.444. The highest BCUT2D eigenvalue weighted by molar-refractivity contribution is 7.50. The van der Waals surface area contributed by atoms with Crippen LogP contribution in [0, 0.1) is 10.1 Å². The van der Waals surface area contributed by atoms with Gasteiger partial charge < -0.3 is 9.42 Å². The molecule has 7 nitrogen and oxygen atoms in total. The molecule has 0 bridgehead atoms. The van der Waals surface area contributed by atoms with Crippen molar-refractivity contribution in [3.8, 4) is 5.75 Å². The Morgan fingerprint density at radius 1 is 1.50 bits per heavy atom. The predicted molar refractivity (Wildman–Crippen MR) is 47.7 cm³/mol. The van der Waals surface area contributed by atoms with Gasteiger partial charge in [0.05, 0.1) is 4.92 Å². The van der Waals surface area contributed by atoms with Gasteiger partial charge in [-0.25, -0.2) is 10.1 Å². The Balaban J connectivity index is 3.08. The molecule has 0 saturated heterocycles. The molecule has 14 heavy (non-hydrogen) atoms. The monoisotopic (exact) mass is 218 g/mol. The highest BCUT2D eigenvalue weighted by atomic mass is 31.2. The van der Waals surface area contributed by atoms with E-state index in [0.717, 1.165) is 6.07 Å². The van der Waals surface area contributed by atoms with Crippen molar-refractivity contribution in [3.63, 3.8) is 0 Å². The maximum Gasteiger partial charge on any atom is 0.453 e. The average molecular weight is 218 g/mol. The van der Waals surface area contributed by atoms with E-state index in [2.05, 4.69) is 4.52 Å². The third-order valence-electron chi connectivity index (χ3n) is 1.29. The fourth-order valence-corrected chi connectivity index (χ4v) is 1.26. The summed E-state index contributed by atoms with van der Waals surface area (Å²) >= 11 is 0. The van der Waals surface area contributed by atoms with E-state index >= 15 is 0 Å². The molecule has 3 N–H and O–H groups in total. The van der Waals surface area contributed by atoms with Gasteiger partial charge in [-0.15, -0.1) is 0 Å². The first-order chi connectivity index (χ1) is 6.40. The molecule has 0 fully saturated rings. The van der Waals surface area contributed by atoms with Crippen LogP contribution in [0.25, 0.3) is 0 Å². The van der Waals surface area contributed by atoms with Crippen LogP contribution >= 0.6 is 7.75 Å². The van der Waals surface area contributed by atoms with Gasteiger partial charge in [0.25, 0.3) is 0 Å². The van der Waals surface area contributed by atoms with Crippen molar-refractivity contribution in [2.24, 2.45) is 5.50 Å². The van der Waals surface area contributed by atoms with E-state index in [1.807, 2.05) is 0 Å². The van der Waals surface area contributed by atoms with Crippen molar-refractivity contribution in [1.82, 2.24) is 0 Å². The molecule has 0 aliphatic carbocycles. The minimum absolute atomic E-state index is 0.328. The largest absolute Gasteiger partial charge is 0.453 e. The normalized spacial score (nSPS) is 14.4. The number of hydrogen-bond donors (Lipinski definition) is 2. The summed E-state index contributed by atoms with van der Waals surface area (Å²) in [5.41, 5.74) is 4.29. The number of nitro groups is 1. The molecule has 0 radical (unpaired) electrons. The number of nitro benzene ring substituents is 1. The van der Waals surface area contributed by atoms with Crippen LogP contribution in [0.15, 0.2) is 24.3 Å². The topological polar surface area (TPSA) is 116 Å². The fraction of sp³-hybridized carbons (Fsp3) is 0. The lowest BCUT2D eigenvalue weighted by Crippen LogP contribution is -2.02. The third-order valence-corrected chi connectivity index (χ3v) is 1.75. The van der Waals surface area contributed by atoms with Crippen LogP contribution in [0.4, 0.5) is 5.69 Å². The van der Waals surface area contributed by atoms with E-state index in [1.165, 1.54) is 18.2 Å². The lowest BCUT2D eigenvalue weighted by molar-refractivity contribution is -0.385. The number of benzene rings is 1. The smallest absolute Gasteiger partial charge is 0.406 e. The Morgan fingerprint density at radius 3 is 2.57 bits per heavy atom. The highest BCUT2D eigenvalue weighted by Crippen LogP contribution is 2.38. The van der Waals surface area contributed by atoms with Gasteiger partial charge in [0.1, 0.15) is 0 Å². The van der Waals surface area contributed by atoms with E-state index < -0.39 is 18.4 Å². The van der Waals surface area contributed by atoms with Crippen molar-refractivity contribution >= 4 is 13.4 Å². The van der Waals surface area contributed by atoms with E-state index in [9.17, 15) is 14.7 Å². The van der Waals surface area contributed by atoms with Gasteiger partial charge in [0.2, 0.25) is 5.75 Å². The second-order valence-corrected chi connectivity index (χ2v) is 3.69. The van der Waals surface area contributed by atoms with Gasteiger partial charge in [-0.1, -0.05) is 12.1 Å². The summed E-state index contributed by atoms with van der Waals surface area (Å²) in [5.74, 6) is -0.328. The first-order valence-electron chi connectivity index (χ1n) is 3.44. The first-order valence-corrected chi connectivity index (χ1v) is 5.09. The van der Waals surface area contributed by atoms with Crippen molar-refractivity contribution in [2.75, 3.05) is 0 Å². The molecule has 0 aliphatic heterocycles. The summed E-state index contributed by atoms with van der Waals surface area (Å²) < 4.78 is 15.0.